The molecule has 0 unspecified atom stereocenters. The van der Waals surface area contributed by atoms with Crippen molar-refractivity contribution in [3.8, 4) is 0 Å². The van der Waals surface area contributed by atoms with Crippen LogP contribution in [0.4, 0.5) is 0 Å². The van der Waals surface area contributed by atoms with Gasteiger partial charge in [0, 0.05) is 57.1 Å². The van der Waals surface area contributed by atoms with Crippen molar-refractivity contribution in [1.82, 2.24) is 23.9 Å². The summed E-state index contributed by atoms with van der Waals surface area (Å²) in [7, 11) is -3.20. The van der Waals surface area contributed by atoms with Crippen LogP contribution in [0.25, 0.3) is 5.65 Å². The molecule has 4 rings (SSSR count). The molecular weight excluding hydrogens is 442 g/mol. The SMILES string of the molecule is CS(=O)(=O)NCCc1ccc(C(=O)N2CCN(Cc3cc(=O)n4ccccc4n3)CC2)cc1. The number of carbonyl (C=O) groups is 1. The zero-order valence-corrected chi connectivity index (χ0v) is 19.3. The number of aromatic nitrogens is 2. The van der Waals surface area contributed by atoms with Crippen LogP contribution in [0.2, 0.25) is 0 Å². The lowest BCUT2D eigenvalue weighted by atomic mass is 10.1. The molecule has 1 aliphatic heterocycles. The molecule has 2 aromatic heterocycles. The molecule has 33 heavy (non-hydrogen) atoms. The van der Waals surface area contributed by atoms with Crippen molar-refractivity contribution in [3.05, 3.63) is 81.9 Å². The number of hydrogen-bond acceptors (Lipinski definition) is 6. The van der Waals surface area contributed by atoms with Gasteiger partial charge in [-0.25, -0.2) is 18.1 Å². The second-order valence-corrected chi connectivity index (χ2v) is 10.0. The van der Waals surface area contributed by atoms with E-state index < -0.39 is 10.0 Å². The van der Waals surface area contributed by atoms with Gasteiger partial charge in [-0.3, -0.25) is 18.9 Å². The van der Waals surface area contributed by atoms with E-state index in [4.69, 9.17) is 0 Å². The van der Waals surface area contributed by atoms with Crippen molar-refractivity contribution in [2.45, 2.75) is 13.0 Å². The van der Waals surface area contributed by atoms with Gasteiger partial charge in [0.1, 0.15) is 5.65 Å². The van der Waals surface area contributed by atoms with Gasteiger partial charge in [0.15, 0.2) is 0 Å². The third kappa shape index (κ3) is 6.04. The number of hydrogen-bond donors (Lipinski definition) is 1. The highest BCUT2D eigenvalue weighted by atomic mass is 32.2. The van der Waals surface area contributed by atoms with Crippen molar-refractivity contribution < 1.29 is 13.2 Å². The van der Waals surface area contributed by atoms with E-state index in [-0.39, 0.29) is 11.5 Å². The van der Waals surface area contributed by atoms with Crippen molar-refractivity contribution in [2.24, 2.45) is 0 Å². The predicted octanol–water partition coefficient (Wildman–Crippen LogP) is 0.744. The van der Waals surface area contributed by atoms with Gasteiger partial charge in [-0.2, -0.15) is 0 Å². The lowest BCUT2D eigenvalue weighted by molar-refractivity contribution is 0.0627. The number of carbonyl (C=O) groups excluding carboxylic acids is 1. The van der Waals surface area contributed by atoms with Crippen molar-refractivity contribution in [2.75, 3.05) is 39.0 Å². The van der Waals surface area contributed by atoms with E-state index in [9.17, 15) is 18.0 Å². The molecule has 1 fully saturated rings. The van der Waals surface area contributed by atoms with Crippen LogP contribution in [0.1, 0.15) is 21.6 Å². The van der Waals surface area contributed by atoms with Gasteiger partial charge in [0.2, 0.25) is 10.0 Å². The minimum absolute atomic E-state index is 0.0162. The fourth-order valence-corrected chi connectivity index (χ4v) is 4.37. The third-order valence-electron chi connectivity index (χ3n) is 5.65. The Balaban J connectivity index is 1.30. The zero-order valence-electron chi connectivity index (χ0n) is 18.5. The standard InChI is InChI=1S/C23H27N5O4S/c1-33(31,32)24-10-9-18-5-7-19(8-6-18)23(30)27-14-12-26(13-15-27)17-20-16-22(29)28-11-3-2-4-21(28)25-20/h2-8,11,16,24H,9-10,12-15,17H2,1H3. The molecule has 0 bridgehead atoms. The molecule has 0 radical (unpaired) electrons. The highest BCUT2D eigenvalue weighted by Crippen LogP contribution is 2.12. The van der Waals surface area contributed by atoms with E-state index in [0.717, 1.165) is 17.5 Å². The maximum absolute atomic E-state index is 12.9. The average Bonchev–Trinajstić information content (AvgIpc) is 2.79. The Morgan fingerprint density at radius 2 is 1.79 bits per heavy atom. The highest BCUT2D eigenvalue weighted by molar-refractivity contribution is 7.88. The largest absolute Gasteiger partial charge is 0.336 e. The topological polar surface area (TPSA) is 104 Å². The molecule has 3 aromatic rings. The average molecular weight is 470 g/mol. The van der Waals surface area contributed by atoms with Crippen LogP contribution in [0.15, 0.2) is 59.5 Å². The summed E-state index contributed by atoms with van der Waals surface area (Å²) < 4.78 is 26.3. The number of fused-ring (bicyclic) bond motifs is 1. The molecule has 9 nitrogen and oxygen atoms in total. The Morgan fingerprint density at radius 3 is 2.48 bits per heavy atom. The summed E-state index contributed by atoms with van der Waals surface area (Å²) in [5.74, 6) is -0.0162. The molecule has 1 aliphatic rings. The van der Waals surface area contributed by atoms with Gasteiger partial charge >= 0.3 is 0 Å². The molecule has 10 heteroatoms. The smallest absolute Gasteiger partial charge is 0.258 e. The predicted molar refractivity (Wildman–Crippen MR) is 126 cm³/mol. The molecule has 3 heterocycles. The second kappa shape index (κ2) is 9.82. The van der Waals surface area contributed by atoms with Crippen LogP contribution in [-0.2, 0) is 23.0 Å². The minimum Gasteiger partial charge on any atom is -0.336 e. The minimum atomic E-state index is -3.20. The first-order chi connectivity index (χ1) is 15.8. The molecule has 174 valence electrons. The van der Waals surface area contributed by atoms with Crippen molar-refractivity contribution in [1.29, 1.82) is 0 Å². The quantitative estimate of drug-likeness (QED) is 0.548. The number of rotatable bonds is 7. The summed E-state index contributed by atoms with van der Waals surface area (Å²) in [6.45, 7) is 3.51. The number of benzene rings is 1. The molecule has 1 N–H and O–H groups in total. The molecule has 0 saturated carbocycles. The summed E-state index contributed by atoms with van der Waals surface area (Å²) in [5, 5.41) is 0. The van der Waals surface area contributed by atoms with Gasteiger partial charge in [0.05, 0.1) is 11.9 Å². The summed E-state index contributed by atoms with van der Waals surface area (Å²) in [5.41, 5.74) is 2.84. The van der Waals surface area contributed by atoms with Crippen LogP contribution in [-0.4, -0.2) is 72.5 Å². The molecule has 1 amide bonds. The molecule has 0 atom stereocenters. The normalized spacial score (nSPS) is 15.1. The summed E-state index contributed by atoms with van der Waals surface area (Å²) in [6.07, 6.45) is 3.40. The number of nitrogens with one attached hydrogen (secondary N) is 1. The molecular formula is C23H27N5O4S. The molecule has 0 spiro atoms. The van der Waals surface area contributed by atoms with Gasteiger partial charge in [-0.1, -0.05) is 18.2 Å². The van der Waals surface area contributed by atoms with E-state index in [1.807, 2.05) is 29.2 Å². The van der Waals surface area contributed by atoms with E-state index in [0.29, 0.717) is 56.9 Å². The Morgan fingerprint density at radius 1 is 1.06 bits per heavy atom. The molecule has 1 saturated heterocycles. The van der Waals surface area contributed by atoms with Crippen LogP contribution < -0.4 is 10.3 Å². The van der Waals surface area contributed by atoms with Gasteiger partial charge < -0.3 is 4.90 Å². The lowest BCUT2D eigenvalue weighted by Gasteiger charge is -2.34. The van der Waals surface area contributed by atoms with Crippen LogP contribution >= 0.6 is 0 Å². The zero-order chi connectivity index (χ0) is 23.4. The van der Waals surface area contributed by atoms with E-state index in [2.05, 4.69) is 14.6 Å². The Bertz CT molecular complexity index is 1300. The molecule has 1 aromatic carbocycles. The number of amides is 1. The number of nitrogens with zero attached hydrogens (tertiary/aromatic N) is 4. The Labute approximate surface area is 192 Å². The summed E-state index contributed by atoms with van der Waals surface area (Å²) in [6, 6.07) is 14.3. The summed E-state index contributed by atoms with van der Waals surface area (Å²) >= 11 is 0. The number of pyridine rings is 1. The third-order valence-corrected chi connectivity index (χ3v) is 6.38. The Hall–Kier alpha value is -3.08. The fourth-order valence-electron chi connectivity index (χ4n) is 3.90. The first-order valence-corrected chi connectivity index (χ1v) is 12.7. The highest BCUT2D eigenvalue weighted by Gasteiger charge is 2.22. The first-order valence-electron chi connectivity index (χ1n) is 10.8. The lowest BCUT2D eigenvalue weighted by Crippen LogP contribution is -2.48. The molecule has 0 aliphatic carbocycles. The van der Waals surface area contributed by atoms with Gasteiger partial charge in [-0.05, 0) is 36.2 Å². The van der Waals surface area contributed by atoms with E-state index in [1.165, 1.54) is 4.40 Å². The van der Waals surface area contributed by atoms with Gasteiger partial charge in [-0.15, -0.1) is 0 Å². The number of sulfonamides is 1. The van der Waals surface area contributed by atoms with Crippen LogP contribution in [0, 0.1) is 0 Å². The van der Waals surface area contributed by atoms with Gasteiger partial charge in [0.25, 0.3) is 11.5 Å². The summed E-state index contributed by atoms with van der Waals surface area (Å²) in [4.78, 5) is 33.8. The van der Waals surface area contributed by atoms with E-state index in [1.54, 1.807) is 30.5 Å². The van der Waals surface area contributed by atoms with Crippen molar-refractivity contribution in [3.63, 3.8) is 0 Å². The first kappa shape index (κ1) is 23.1. The van der Waals surface area contributed by atoms with Crippen LogP contribution in [0.3, 0.4) is 0 Å². The fraction of sp³-hybridized carbons (Fsp3) is 0.348. The maximum atomic E-state index is 12.9. The monoisotopic (exact) mass is 469 g/mol. The second-order valence-electron chi connectivity index (χ2n) is 8.20. The maximum Gasteiger partial charge on any atom is 0.258 e. The Kier molecular flexibility index (Phi) is 6.87. The van der Waals surface area contributed by atoms with Crippen molar-refractivity contribution >= 4 is 21.6 Å². The van der Waals surface area contributed by atoms with E-state index >= 15 is 0 Å². The number of piperazine rings is 1. The van der Waals surface area contributed by atoms with Crippen LogP contribution in [0.5, 0.6) is 0 Å².